The Morgan fingerprint density at radius 3 is 2.65 bits per heavy atom. The SMILES string of the molecule is N#Cc1ccc(C(=O)NCCc2ccc(-c3ccsc3)s2)cc1. The predicted octanol–water partition coefficient (Wildman–Crippen LogP) is 4.32. The summed E-state index contributed by atoms with van der Waals surface area (Å²) in [6.45, 7) is 0.600. The van der Waals surface area contributed by atoms with Crippen molar-refractivity contribution in [1.82, 2.24) is 5.32 Å². The average molecular weight is 338 g/mol. The molecular weight excluding hydrogens is 324 g/mol. The van der Waals surface area contributed by atoms with Gasteiger partial charge in [-0.05, 0) is 59.6 Å². The molecule has 1 amide bonds. The highest BCUT2D eigenvalue weighted by atomic mass is 32.1. The van der Waals surface area contributed by atoms with Crippen LogP contribution in [0.15, 0.2) is 53.2 Å². The quantitative estimate of drug-likeness (QED) is 0.753. The Bertz CT molecular complexity index is 827. The summed E-state index contributed by atoms with van der Waals surface area (Å²) in [7, 11) is 0. The van der Waals surface area contributed by atoms with Gasteiger partial charge in [-0.1, -0.05) is 0 Å². The van der Waals surface area contributed by atoms with Gasteiger partial charge >= 0.3 is 0 Å². The van der Waals surface area contributed by atoms with Crippen molar-refractivity contribution in [2.75, 3.05) is 6.54 Å². The van der Waals surface area contributed by atoms with Crippen LogP contribution in [0.3, 0.4) is 0 Å². The van der Waals surface area contributed by atoms with Crippen LogP contribution in [0.5, 0.6) is 0 Å². The number of nitrogens with one attached hydrogen (secondary N) is 1. The summed E-state index contributed by atoms with van der Waals surface area (Å²) in [6.07, 6.45) is 0.816. The van der Waals surface area contributed by atoms with Gasteiger partial charge in [-0.25, -0.2) is 0 Å². The molecule has 1 N–H and O–H groups in total. The molecule has 0 unspecified atom stereocenters. The Hall–Kier alpha value is -2.42. The van der Waals surface area contributed by atoms with Crippen molar-refractivity contribution in [2.45, 2.75) is 6.42 Å². The summed E-state index contributed by atoms with van der Waals surface area (Å²) >= 11 is 3.46. The smallest absolute Gasteiger partial charge is 0.251 e. The molecule has 0 bridgehead atoms. The number of benzene rings is 1. The van der Waals surface area contributed by atoms with Crippen LogP contribution in [0.4, 0.5) is 0 Å². The number of nitrogens with zero attached hydrogens (tertiary/aromatic N) is 1. The third-order valence-corrected chi connectivity index (χ3v) is 5.28. The van der Waals surface area contributed by atoms with Gasteiger partial charge in [0.2, 0.25) is 0 Å². The summed E-state index contributed by atoms with van der Waals surface area (Å²) in [5.41, 5.74) is 2.39. The number of carbonyl (C=O) groups is 1. The van der Waals surface area contributed by atoms with Crippen LogP contribution in [0.2, 0.25) is 0 Å². The number of thiophene rings is 2. The van der Waals surface area contributed by atoms with Crippen molar-refractivity contribution in [3.63, 3.8) is 0 Å². The fraction of sp³-hybridized carbons (Fsp3) is 0.111. The molecule has 0 aliphatic heterocycles. The lowest BCUT2D eigenvalue weighted by atomic mass is 10.1. The highest BCUT2D eigenvalue weighted by Crippen LogP contribution is 2.29. The molecule has 2 heterocycles. The molecule has 0 aliphatic rings. The fourth-order valence-electron chi connectivity index (χ4n) is 2.17. The summed E-state index contributed by atoms with van der Waals surface area (Å²) < 4.78 is 0. The molecule has 114 valence electrons. The van der Waals surface area contributed by atoms with E-state index in [-0.39, 0.29) is 5.91 Å². The van der Waals surface area contributed by atoms with Crippen molar-refractivity contribution < 1.29 is 4.79 Å². The summed E-state index contributed by atoms with van der Waals surface area (Å²) in [6, 6.07) is 15.1. The first-order chi connectivity index (χ1) is 11.3. The van der Waals surface area contributed by atoms with Crippen molar-refractivity contribution in [3.05, 3.63) is 69.2 Å². The molecule has 23 heavy (non-hydrogen) atoms. The lowest BCUT2D eigenvalue weighted by Gasteiger charge is -2.04. The molecule has 0 saturated carbocycles. The number of hydrogen-bond acceptors (Lipinski definition) is 4. The minimum absolute atomic E-state index is 0.107. The van der Waals surface area contributed by atoms with E-state index >= 15 is 0 Å². The molecule has 0 saturated heterocycles. The first-order valence-corrected chi connectivity index (χ1v) is 8.92. The van der Waals surface area contributed by atoms with Gasteiger partial charge in [0.15, 0.2) is 0 Å². The van der Waals surface area contributed by atoms with Gasteiger partial charge in [-0.3, -0.25) is 4.79 Å². The Labute approximate surface area is 142 Å². The molecule has 0 radical (unpaired) electrons. The third kappa shape index (κ3) is 3.86. The van der Waals surface area contributed by atoms with E-state index in [1.54, 1.807) is 46.9 Å². The maximum absolute atomic E-state index is 12.0. The lowest BCUT2D eigenvalue weighted by Crippen LogP contribution is -2.25. The molecule has 3 aromatic rings. The van der Waals surface area contributed by atoms with E-state index in [0.29, 0.717) is 17.7 Å². The maximum atomic E-state index is 12.0. The zero-order chi connectivity index (χ0) is 16.1. The van der Waals surface area contributed by atoms with Crippen LogP contribution in [-0.2, 0) is 6.42 Å². The fourth-order valence-corrected chi connectivity index (χ4v) is 3.90. The zero-order valence-electron chi connectivity index (χ0n) is 12.3. The molecule has 2 aromatic heterocycles. The first-order valence-electron chi connectivity index (χ1n) is 7.16. The Morgan fingerprint density at radius 2 is 1.96 bits per heavy atom. The first kappa shape index (κ1) is 15.5. The van der Waals surface area contributed by atoms with E-state index in [0.717, 1.165) is 6.42 Å². The van der Waals surface area contributed by atoms with E-state index in [1.165, 1.54) is 15.3 Å². The van der Waals surface area contributed by atoms with Gasteiger partial charge in [-0.15, -0.1) is 11.3 Å². The number of carbonyl (C=O) groups excluding carboxylic acids is 1. The van der Waals surface area contributed by atoms with Crippen LogP contribution in [0, 0.1) is 11.3 Å². The van der Waals surface area contributed by atoms with Gasteiger partial charge < -0.3 is 5.32 Å². The van der Waals surface area contributed by atoms with E-state index in [2.05, 4.69) is 34.3 Å². The monoisotopic (exact) mass is 338 g/mol. The van der Waals surface area contributed by atoms with E-state index in [4.69, 9.17) is 5.26 Å². The van der Waals surface area contributed by atoms with E-state index in [9.17, 15) is 4.79 Å². The van der Waals surface area contributed by atoms with Gasteiger partial charge in [0.05, 0.1) is 11.6 Å². The summed E-state index contributed by atoms with van der Waals surface area (Å²) in [5, 5.41) is 15.9. The van der Waals surface area contributed by atoms with Crippen LogP contribution in [-0.4, -0.2) is 12.5 Å². The topological polar surface area (TPSA) is 52.9 Å². The van der Waals surface area contributed by atoms with Gasteiger partial charge in [0, 0.05) is 27.4 Å². The van der Waals surface area contributed by atoms with Crippen molar-refractivity contribution in [1.29, 1.82) is 5.26 Å². The Morgan fingerprint density at radius 1 is 1.13 bits per heavy atom. The minimum Gasteiger partial charge on any atom is -0.352 e. The second-order valence-electron chi connectivity index (χ2n) is 4.97. The van der Waals surface area contributed by atoms with Crippen LogP contribution in [0.1, 0.15) is 20.8 Å². The Kier molecular flexibility index (Phi) is 4.86. The number of hydrogen-bond donors (Lipinski definition) is 1. The van der Waals surface area contributed by atoms with E-state index < -0.39 is 0 Å². The number of nitriles is 1. The highest BCUT2D eigenvalue weighted by Gasteiger charge is 2.06. The van der Waals surface area contributed by atoms with Gasteiger partial charge in [-0.2, -0.15) is 16.6 Å². The van der Waals surface area contributed by atoms with Crippen LogP contribution in [0.25, 0.3) is 10.4 Å². The lowest BCUT2D eigenvalue weighted by molar-refractivity contribution is 0.0954. The molecular formula is C18H14N2OS2. The van der Waals surface area contributed by atoms with Crippen LogP contribution >= 0.6 is 22.7 Å². The van der Waals surface area contributed by atoms with Gasteiger partial charge in [0.1, 0.15) is 0 Å². The van der Waals surface area contributed by atoms with Crippen LogP contribution < -0.4 is 5.32 Å². The molecule has 1 aromatic carbocycles. The normalized spacial score (nSPS) is 10.2. The minimum atomic E-state index is -0.107. The largest absolute Gasteiger partial charge is 0.352 e. The van der Waals surface area contributed by atoms with Crippen molar-refractivity contribution >= 4 is 28.6 Å². The highest BCUT2D eigenvalue weighted by molar-refractivity contribution is 7.16. The van der Waals surface area contributed by atoms with Gasteiger partial charge in [0.25, 0.3) is 5.91 Å². The second-order valence-corrected chi connectivity index (χ2v) is 6.92. The molecule has 0 aliphatic carbocycles. The number of rotatable bonds is 5. The van der Waals surface area contributed by atoms with E-state index in [1.807, 2.05) is 6.07 Å². The predicted molar refractivity (Wildman–Crippen MR) is 94.8 cm³/mol. The average Bonchev–Trinajstić information content (AvgIpc) is 3.26. The molecule has 3 rings (SSSR count). The third-order valence-electron chi connectivity index (χ3n) is 3.40. The maximum Gasteiger partial charge on any atom is 0.251 e. The molecule has 0 atom stereocenters. The van der Waals surface area contributed by atoms with Crippen molar-refractivity contribution in [2.24, 2.45) is 0 Å². The zero-order valence-corrected chi connectivity index (χ0v) is 13.9. The van der Waals surface area contributed by atoms with Crippen molar-refractivity contribution in [3.8, 4) is 16.5 Å². The summed E-state index contributed by atoms with van der Waals surface area (Å²) in [4.78, 5) is 14.6. The summed E-state index contributed by atoms with van der Waals surface area (Å²) in [5.74, 6) is -0.107. The molecule has 3 nitrogen and oxygen atoms in total. The second kappa shape index (κ2) is 7.23. The number of amides is 1. The standard InChI is InChI=1S/C18H14N2OS2/c19-11-13-1-3-14(4-2-13)18(21)20-9-7-16-5-6-17(23-16)15-8-10-22-12-15/h1-6,8,10,12H,7,9H2,(H,20,21). The molecule has 0 spiro atoms. The Balaban J connectivity index is 1.53. The molecule has 5 heteroatoms. The molecule has 0 fully saturated rings.